The van der Waals surface area contributed by atoms with Crippen molar-refractivity contribution in [1.82, 2.24) is 15.2 Å². The Kier molecular flexibility index (Phi) is 5.32. The van der Waals surface area contributed by atoms with Gasteiger partial charge < -0.3 is 20.1 Å². The molecule has 128 valence electrons. The van der Waals surface area contributed by atoms with Gasteiger partial charge in [-0.2, -0.15) is 10.1 Å². The Labute approximate surface area is 145 Å². The van der Waals surface area contributed by atoms with E-state index >= 15 is 0 Å². The summed E-state index contributed by atoms with van der Waals surface area (Å²) < 4.78 is 10.9. The molecule has 0 bridgehead atoms. The molecule has 3 rings (SSSR count). The van der Waals surface area contributed by atoms with Gasteiger partial charge in [0, 0.05) is 24.2 Å². The number of rotatable bonds is 6. The molecule has 1 aromatic carbocycles. The van der Waals surface area contributed by atoms with Crippen molar-refractivity contribution >= 4 is 29.1 Å². The molecule has 1 aliphatic heterocycles. The van der Waals surface area contributed by atoms with Gasteiger partial charge in [0.25, 0.3) is 0 Å². The summed E-state index contributed by atoms with van der Waals surface area (Å²) >= 11 is 6.13. The number of nitrogens with zero attached hydrogens (tertiary/aromatic N) is 3. The van der Waals surface area contributed by atoms with Gasteiger partial charge in [-0.05, 0) is 31.4 Å². The molecule has 0 radical (unpaired) electrons. The lowest BCUT2D eigenvalue weighted by Gasteiger charge is -2.13. The van der Waals surface area contributed by atoms with E-state index in [0.29, 0.717) is 29.1 Å². The summed E-state index contributed by atoms with van der Waals surface area (Å²) in [5.41, 5.74) is 1.71. The Morgan fingerprint density at radius 2 is 2.29 bits per heavy atom. The van der Waals surface area contributed by atoms with E-state index in [1.54, 1.807) is 19.4 Å². The monoisotopic (exact) mass is 349 g/mol. The Hall–Kier alpha value is -2.12. The molecule has 2 aromatic rings. The number of ether oxygens (including phenoxy) is 2. The molecule has 0 spiro atoms. The van der Waals surface area contributed by atoms with Gasteiger partial charge in [0.1, 0.15) is 5.75 Å². The molecule has 1 aromatic heterocycles. The Bertz CT molecular complexity index is 707. The fraction of sp³-hybridized carbons (Fsp3) is 0.438. The van der Waals surface area contributed by atoms with Gasteiger partial charge in [0.15, 0.2) is 5.82 Å². The van der Waals surface area contributed by atoms with Gasteiger partial charge in [-0.15, -0.1) is 5.10 Å². The number of hydrogen-bond donors (Lipinski definition) is 2. The van der Waals surface area contributed by atoms with Crippen molar-refractivity contribution < 1.29 is 9.47 Å². The van der Waals surface area contributed by atoms with Crippen LogP contribution in [0.4, 0.5) is 17.5 Å². The highest BCUT2D eigenvalue weighted by Crippen LogP contribution is 2.32. The van der Waals surface area contributed by atoms with Crippen LogP contribution >= 0.6 is 11.6 Å². The molecule has 8 heteroatoms. The van der Waals surface area contributed by atoms with Crippen molar-refractivity contribution in [1.29, 1.82) is 0 Å². The Morgan fingerprint density at radius 1 is 1.42 bits per heavy atom. The Morgan fingerprint density at radius 3 is 3.04 bits per heavy atom. The van der Waals surface area contributed by atoms with Crippen molar-refractivity contribution in [2.45, 2.75) is 25.9 Å². The van der Waals surface area contributed by atoms with E-state index in [0.717, 1.165) is 30.7 Å². The lowest BCUT2D eigenvalue weighted by molar-refractivity contribution is 0.120. The molecule has 1 fully saturated rings. The highest BCUT2D eigenvalue weighted by atomic mass is 35.5. The number of anilines is 3. The third-order valence-electron chi connectivity index (χ3n) is 3.81. The first-order valence-corrected chi connectivity index (χ1v) is 8.20. The van der Waals surface area contributed by atoms with Crippen LogP contribution in [0.2, 0.25) is 5.02 Å². The summed E-state index contributed by atoms with van der Waals surface area (Å²) in [5, 5.41) is 15.0. The van der Waals surface area contributed by atoms with Crippen LogP contribution in [0.1, 0.15) is 18.4 Å². The second kappa shape index (κ2) is 7.63. The fourth-order valence-electron chi connectivity index (χ4n) is 2.52. The number of hydrogen-bond acceptors (Lipinski definition) is 7. The van der Waals surface area contributed by atoms with Gasteiger partial charge in [-0.3, -0.25) is 0 Å². The molecule has 2 heterocycles. The molecular formula is C16H20ClN5O2. The number of methoxy groups -OCH3 is 1. The summed E-state index contributed by atoms with van der Waals surface area (Å²) in [6.07, 6.45) is 3.92. The lowest BCUT2D eigenvalue weighted by Crippen LogP contribution is -2.20. The van der Waals surface area contributed by atoms with Gasteiger partial charge in [-0.1, -0.05) is 11.6 Å². The first-order chi connectivity index (χ1) is 11.7. The third kappa shape index (κ3) is 4.04. The molecule has 1 unspecified atom stereocenters. The average molecular weight is 350 g/mol. The van der Waals surface area contributed by atoms with Crippen molar-refractivity contribution in [3.8, 4) is 5.75 Å². The molecule has 24 heavy (non-hydrogen) atoms. The topological polar surface area (TPSA) is 81.2 Å². The summed E-state index contributed by atoms with van der Waals surface area (Å²) in [6, 6.07) is 3.67. The van der Waals surface area contributed by atoms with Gasteiger partial charge in [0.05, 0.1) is 25.1 Å². The zero-order chi connectivity index (χ0) is 16.9. The normalized spacial score (nSPS) is 16.9. The van der Waals surface area contributed by atoms with Crippen LogP contribution in [-0.2, 0) is 4.74 Å². The SMILES string of the molecule is COc1cc(Cl)c(C)cc1Nc1cnnc(NCC2CCCO2)n1. The zero-order valence-corrected chi connectivity index (χ0v) is 14.4. The van der Waals surface area contributed by atoms with E-state index in [1.165, 1.54) is 0 Å². The van der Waals surface area contributed by atoms with Crippen molar-refractivity contribution in [3.63, 3.8) is 0 Å². The quantitative estimate of drug-likeness (QED) is 0.828. The maximum absolute atomic E-state index is 6.13. The van der Waals surface area contributed by atoms with E-state index in [1.807, 2.05) is 13.0 Å². The van der Waals surface area contributed by atoms with Crippen molar-refractivity contribution in [2.24, 2.45) is 0 Å². The van der Waals surface area contributed by atoms with E-state index in [4.69, 9.17) is 21.1 Å². The fourth-order valence-corrected chi connectivity index (χ4v) is 2.67. The average Bonchev–Trinajstić information content (AvgIpc) is 3.10. The molecule has 1 atom stereocenters. The summed E-state index contributed by atoms with van der Waals surface area (Å²) in [6.45, 7) is 3.43. The molecule has 0 aliphatic carbocycles. The van der Waals surface area contributed by atoms with Crippen LogP contribution in [0.5, 0.6) is 5.75 Å². The van der Waals surface area contributed by atoms with Gasteiger partial charge in [-0.25, -0.2) is 0 Å². The lowest BCUT2D eigenvalue weighted by atomic mass is 10.2. The molecule has 1 saturated heterocycles. The van der Waals surface area contributed by atoms with E-state index < -0.39 is 0 Å². The van der Waals surface area contributed by atoms with Crippen LogP contribution < -0.4 is 15.4 Å². The number of benzene rings is 1. The summed E-state index contributed by atoms with van der Waals surface area (Å²) in [7, 11) is 1.60. The molecule has 0 amide bonds. The number of aryl methyl sites for hydroxylation is 1. The van der Waals surface area contributed by atoms with E-state index in [-0.39, 0.29) is 6.10 Å². The van der Waals surface area contributed by atoms with Gasteiger partial charge in [0.2, 0.25) is 5.95 Å². The van der Waals surface area contributed by atoms with Crippen LogP contribution in [0.3, 0.4) is 0 Å². The minimum Gasteiger partial charge on any atom is -0.495 e. The molecule has 7 nitrogen and oxygen atoms in total. The van der Waals surface area contributed by atoms with Crippen LogP contribution in [-0.4, -0.2) is 41.5 Å². The highest BCUT2D eigenvalue weighted by Gasteiger charge is 2.15. The second-order valence-electron chi connectivity index (χ2n) is 5.61. The molecular weight excluding hydrogens is 330 g/mol. The zero-order valence-electron chi connectivity index (χ0n) is 13.7. The molecule has 1 aliphatic rings. The maximum Gasteiger partial charge on any atom is 0.244 e. The summed E-state index contributed by atoms with van der Waals surface area (Å²) in [4.78, 5) is 4.42. The molecule has 0 saturated carbocycles. The second-order valence-corrected chi connectivity index (χ2v) is 6.02. The van der Waals surface area contributed by atoms with Crippen molar-refractivity contribution in [2.75, 3.05) is 30.9 Å². The largest absolute Gasteiger partial charge is 0.495 e. The highest BCUT2D eigenvalue weighted by molar-refractivity contribution is 6.31. The predicted octanol–water partition coefficient (Wildman–Crippen LogP) is 3.18. The number of aromatic nitrogens is 3. The first-order valence-electron chi connectivity index (χ1n) is 7.82. The Balaban J connectivity index is 1.71. The van der Waals surface area contributed by atoms with Gasteiger partial charge >= 0.3 is 0 Å². The third-order valence-corrected chi connectivity index (χ3v) is 4.22. The molecule has 2 N–H and O–H groups in total. The minimum atomic E-state index is 0.212. The smallest absolute Gasteiger partial charge is 0.244 e. The van der Waals surface area contributed by atoms with E-state index in [9.17, 15) is 0 Å². The number of halogens is 1. The standard InChI is InChI=1S/C16H20ClN5O2/c1-10-6-13(14(23-2)7-12(10)17)20-15-9-19-22-16(21-15)18-8-11-4-3-5-24-11/h6-7,9,11H,3-5,8H2,1-2H3,(H2,18,20,21,22). The number of nitrogens with one attached hydrogen (secondary N) is 2. The predicted molar refractivity (Wildman–Crippen MR) is 93.3 cm³/mol. The van der Waals surface area contributed by atoms with Crippen LogP contribution in [0.15, 0.2) is 18.3 Å². The summed E-state index contributed by atoms with van der Waals surface area (Å²) in [5.74, 6) is 1.66. The van der Waals surface area contributed by atoms with E-state index in [2.05, 4.69) is 25.8 Å². The maximum atomic E-state index is 6.13. The van der Waals surface area contributed by atoms with Crippen LogP contribution in [0, 0.1) is 6.92 Å². The van der Waals surface area contributed by atoms with Crippen LogP contribution in [0.25, 0.3) is 0 Å². The minimum absolute atomic E-state index is 0.212. The first kappa shape index (κ1) is 16.7. The van der Waals surface area contributed by atoms with Crippen molar-refractivity contribution in [3.05, 3.63) is 28.9 Å².